The standard InChI is InChI=1S/C18H30N4O/c1-14(2)21-11-3-5-16(13-21)18(23)19-9-4-12-22-17(8-10-20-22)15-6-7-15/h8,10,14-16H,3-7,9,11-13H2,1-2H3,(H,19,23)/t16-/m1/s1. The maximum atomic E-state index is 12.4. The van der Waals surface area contributed by atoms with Gasteiger partial charge in [0.1, 0.15) is 0 Å². The Kier molecular flexibility index (Phi) is 5.36. The number of amides is 1. The highest BCUT2D eigenvalue weighted by molar-refractivity contribution is 5.78. The minimum atomic E-state index is 0.165. The molecule has 1 amide bonds. The molecule has 0 bridgehead atoms. The average molecular weight is 318 g/mol. The van der Waals surface area contributed by atoms with E-state index in [1.807, 2.05) is 6.20 Å². The maximum Gasteiger partial charge on any atom is 0.224 e. The molecule has 1 aromatic heterocycles. The van der Waals surface area contributed by atoms with Crippen LogP contribution < -0.4 is 5.32 Å². The van der Waals surface area contributed by atoms with Crippen molar-refractivity contribution in [3.63, 3.8) is 0 Å². The zero-order valence-electron chi connectivity index (χ0n) is 14.5. The summed E-state index contributed by atoms with van der Waals surface area (Å²) < 4.78 is 2.12. The Morgan fingerprint density at radius 2 is 2.22 bits per heavy atom. The number of likely N-dealkylation sites (tertiary alicyclic amines) is 1. The van der Waals surface area contributed by atoms with Crippen molar-refractivity contribution in [2.45, 2.75) is 64.5 Å². The highest BCUT2D eigenvalue weighted by Crippen LogP contribution is 2.39. The van der Waals surface area contributed by atoms with E-state index in [4.69, 9.17) is 0 Å². The van der Waals surface area contributed by atoms with Gasteiger partial charge in [0.05, 0.1) is 5.92 Å². The third-order valence-corrected chi connectivity index (χ3v) is 5.14. The lowest BCUT2D eigenvalue weighted by molar-refractivity contribution is -0.126. The summed E-state index contributed by atoms with van der Waals surface area (Å²) in [5, 5.41) is 7.54. The van der Waals surface area contributed by atoms with Crippen LogP contribution in [0, 0.1) is 5.92 Å². The minimum absolute atomic E-state index is 0.165. The lowest BCUT2D eigenvalue weighted by Crippen LogP contribution is -2.45. The van der Waals surface area contributed by atoms with Crippen LogP contribution in [0.3, 0.4) is 0 Å². The maximum absolute atomic E-state index is 12.4. The van der Waals surface area contributed by atoms with Gasteiger partial charge < -0.3 is 10.2 Å². The molecule has 1 saturated carbocycles. The van der Waals surface area contributed by atoms with Gasteiger partial charge in [0, 0.05) is 43.5 Å². The molecule has 23 heavy (non-hydrogen) atoms. The van der Waals surface area contributed by atoms with Crippen LogP contribution in [0.25, 0.3) is 0 Å². The summed E-state index contributed by atoms with van der Waals surface area (Å²) in [6.45, 7) is 8.12. The number of rotatable bonds is 7. The zero-order chi connectivity index (χ0) is 16.2. The second kappa shape index (κ2) is 7.47. The van der Waals surface area contributed by atoms with Crippen LogP contribution in [0.1, 0.15) is 57.6 Å². The molecule has 0 unspecified atom stereocenters. The molecule has 128 valence electrons. The lowest BCUT2D eigenvalue weighted by Gasteiger charge is -2.34. The first-order chi connectivity index (χ1) is 11.1. The molecule has 1 aliphatic carbocycles. The number of aromatic nitrogens is 2. The fourth-order valence-electron chi connectivity index (χ4n) is 3.53. The highest BCUT2D eigenvalue weighted by atomic mass is 16.1. The van der Waals surface area contributed by atoms with Gasteiger partial charge in [-0.15, -0.1) is 0 Å². The van der Waals surface area contributed by atoms with Crippen molar-refractivity contribution in [2.24, 2.45) is 5.92 Å². The van der Waals surface area contributed by atoms with Gasteiger partial charge in [-0.3, -0.25) is 9.48 Å². The van der Waals surface area contributed by atoms with Crippen LogP contribution in [0.5, 0.6) is 0 Å². The monoisotopic (exact) mass is 318 g/mol. The number of hydrogen-bond acceptors (Lipinski definition) is 3. The van der Waals surface area contributed by atoms with E-state index in [0.29, 0.717) is 6.04 Å². The fraction of sp³-hybridized carbons (Fsp3) is 0.778. The highest BCUT2D eigenvalue weighted by Gasteiger charge is 2.27. The summed E-state index contributed by atoms with van der Waals surface area (Å²) in [5.41, 5.74) is 1.37. The normalized spacial score (nSPS) is 22.5. The Balaban J connectivity index is 1.38. The first kappa shape index (κ1) is 16.5. The second-order valence-electron chi connectivity index (χ2n) is 7.33. The summed E-state index contributed by atoms with van der Waals surface area (Å²) >= 11 is 0. The smallest absolute Gasteiger partial charge is 0.224 e. The van der Waals surface area contributed by atoms with E-state index in [1.54, 1.807) is 0 Å². The van der Waals surface area contributed by atoms with Crippen LogP contribution in [-0.4, -0.2) is 46.3 Å². The van der Waals surface area contributed by atoms with E-state index in [9.17, 15) is 4.79 Å². The van der Waals surface area contributed by atoms with E-state index in [0.717, 1.165) is 51.4 Å². The van der Waals surface area contributed by atoms with Gasteiger partial charge >= 0.3 is 0 Å². The lowest BCUT2D eigenvalue weighted by atomic mass is 9.96. The average Bonchev–Trinajstić information content (AvgIpc) is 3.30. The second-order valence-corrected chi connectivity index (χ2v) is 7.33. The van der Waals surface area contributed by atoms with Crippen molar-refractivity contribution in [1.29, 1.82) is 0 Å². The quantitative estimate of drug-likeness (QED) is 0.785. The van der Waals surface area contributed by atoms with Gasteiger partial charge in [-0.1, -0.05) is 0 Å². The first-order valence-corrected chi connectivity index (χ1v) is 9.18. The van der Waals surface area contributed by atoms with Gasteiger partial charge in [-0.2, -0.15) is 5.10 Å². The topological polar surface area (TPSA) is 50.2 Å². The Morgan fingerprint density at radius 3 is 2.96 bits per heavy atom. The van der Waals surface area contributed by atoms with Crippen LogP contribution in [0.15, 0.2) is 12.3 Å². The molecule has 1 aromatic rings. The van der Waals surface area contributed by atoms with E-state index >= 15 is 0 Å². The molecule has 1 saturated heterocycles. The summed E-state index contributed by atoms with van der Waals surface area (Å²) in [6.07, 6.45) is 7.61. The van der Waals surface area contributed by atoms with Crippen molar-refractivity contribution in [3.8, 4) is 0 Å². The van der Waals surface area contributed by atoms with E-state index < -0.39 is 0 Å². The zero-order valence-corrected chi connectivity index (χ0v) is 14.5. The Bertz CT molecular complexity index is 521. The summed E-state index contributed by atoms with van der Waals surface area (Å²) in [7, 11) is 0. The van der Waals surface area contributed by atoms with Crippen molar-refractivity contribution < 1.29 is 4.79 Å². The molecule has 0 spiro atoms. The van der Waals surface area contributed by atoms with E-state index in [1.165, 1.54) is 18.5 Å². The van der Waals surface area contributed by atoms with Crippen molar-refractivity contribution in [1.82, 2.24) is 20.0 Å². The number of nitrogens with one attached hydrogen (secondary N) is 1. The molecule has 2 fully saturated rings. The molecule has 5 heteroatoms. The van der Waals surface area contributed by atoms with Gasteiger partial charge in [0.2, 0.25) is 5.91 Å². The van der Waals surface area contributed by atoms with Crippen molar-refractivity contribution in [2.75, 3.05) is 19.6 Å². The molecule has 1 aliphatic heterocycles. The molecule has 0 aromatic carbocycles. The Labute approximate surface area is 139 Å². The SMILES string of the molecule is CC(C)N1CCC[C@@H](C(=O)NCCCn2nccc2C2CC2)C1. The molecular weight excluding hydrogens is 288 g/mol. The van der Waals surface area contributed by atoms with Crippen molar-refractivity contribution >= 4 is 5.91 Å². The van der Waals surface area contributed by atoms with Gasteiger partial charge in [0.25, 0.3) is 0 Å². The van der Waals surface area contributed by atoms with E-state index in [2.05, 4.69) is 39.9 Å². The van der Waals surface area contributed by atoms with Crippen LogP contribution in [-0.2, 0) is 11.3 Å². The third-order valence-electron chi connectivity index (χ3n) is 5.14. The predicted molar refractivity (Wildman–Crippen MR) is 91.3 cm³/mol. The molecule has 1 atom stereocenters. The Hall–Kier alpha value is -1.36. The predicted octanol–water partition coefficient (Wildman–Crippen LogP) is 2.39. The molecule has 2 aliphatic rings. The molecule has 2 heterocycles. The minimum Gasteiger partial charge on any atom is -0.356 e. The van der Waals surface area contributed by atoms with Gasteiger partial charge in [-0.05, 0) is 58.6 Å². The largest absolute Gasteiger partial charge is 0.356 e. The number of nitrogens with zero attached hydrogens (tertiary/aromatic N) is 3. The summed E-state index contributed by atoms with van der Waals surface area (Å²) in [5.74, 6) is 1.13. The van der Waals surface area contributed by atoms with Crippen LogP contribution in [0.2, 0.25) is 0 Å². The molecule has 5 nitrogen and oxygen atoms in total. The fourth-order valence-corrected chi connectivity index (χ4v) is 3.53. The number of carbonyl (C=O) groups is 1. The number of piperidine rings is 1. The van der Waals surface area contributed by atoms with Crippen LogP contribution >= 0.6 is 0 Å². The molecular formula is C18H30N4O. The first-order valence-electron chi connectivity index (χ1n) is 9.18. The third kappa shape index (κ3) is 4.34. The number of aryl methyl sites for hydroxylation is 1. The summed E-state index contributed by atoms with van der Waals surface area (Å²) in [4.78, 5) is 14.8. The number of hydrogen-bond donors (Lipinski definition) is 1. The van der Waals surface area contributed by atoms with Crippen molar-refractivity contribution in [3.05, 3.63) is 18.0 Å². The molecule has 0 radical (unpaired) electrons. The number of carbonyl (C=O) groups excluding carboxylic acids is 1. The molecule has 1 N–H and O–H groups in total. The molecule has 3 rings (SSSR count). The van der Waals surface area contributed by atoms with E-state index in [-0.39, 0.29) is 11.8 Å². The summed E-state index contributed by atoms with van der Waals surface area (Å²) in [6, 6.07) is 2.67. The van der Waals surface area contributed by atoms with Crippen LogP contribution in [0.4, 0.5) is 0 Å². The van der Waals surface area contributed by atoms with Gasteiger partial charge in [0.15, 0.2) is 0 Å². The van der Waals surface area contributed by atoms with Gasteiger partial charge in [-0.25, -0.2) is 0 Å². The Morgan fingerprint density at radius 1 is 1.39 bits per heavy atom.